The lowest BCUT2D eigenvalue weighted by Crippen LogP contribution is -2.40. The first-order chi connectivity index (χ1) is 10.6. The highest BCUT2D eigenvalue weighted by atomic mass is 16.5. The summed E-state index contributed by atoms with van der Waals surface area (Å²) in [4.78, 5) is 14.5. The maximum absolute atomic E-state index is 12.4. The predicted molar refractivity (Wildman–Crippen MR) is 90.3 cm³/mol. The first-order valence-corrected chi connectivity index (χ1v) is 7.96. The first-order valence-electron chi connectivity index (χ1n) is 7.96. The highest BCUT2D eigenvalue weighted by molar-refractivity contribution is 5.97. The number of nitrogens with zero attached hydrogens (tertiary/aromatic N) is 1. The van der Waals surface area contributed by atoms with Crippen molar-refractivity contribution in [2.75, 3.05) is 33.8 Å². The Morgan fingerprint density at radius 2 is 2.09 bits per heavy atom. The molecule has 0 saturated carbocycles. The minimum Gasteiger partial charge on any atom is -0.491 e. The lowest BCUT2D eigenvalue weighted by Gasteiger charge is -2.18. The lowest BCUT2D eigenvalue weighted by molar-refractivity contribution is 0.0931. The molecular weight excluding hydrogens is 278 g/mol. The van der Waals surface area contributed by atoms with Gasteiger partial charge < -0.3 is 20.7 Å². The Balaban J connectivity index is 2.67. The summed E-state index contributed by atoms with van der Waals surface area (Å²) in [5, 5.41) is 3.00. The lowest BCUT2D eigenvalue weighted by atomic mass is 10.1. The van der Waals surface area contributed by atoms with Gasteiger partial charge in [-0.2, -0.15) is 0 Å². The average Bonchev–Trinajstić information content (AvgIpc) is 2.51. The summed E-state index contributed by atoms with van der Waals surface area (Å²) in [6.45, 7) is 3.93. The largest absolute Gasteiger partial charge is 0.491 e. The summed E-state index contributed by atoms with van der Waals surface area (Å²) in [6.07, 6.45) is 3.06. The van der Waals surface area contributed by atoms with Gasteiger partial charge in [-0.3, -0.25) is 4.79 Å². The van der Waals surface area contributed by atoms with Crippen LogP contribution in [-0.2, 0) is 0 Å². The number of amides is 1. The molecule has 5 nitrogen and oxygen atoms in total. The molecule has 0 aliphatic carbocycles. The number of carbonyl (C=O) groups is 1. The SMILES string of the molecule is CCCCC(CN)NC(=O)c1ccccc1OCCN(C)C. The van der Waals surface area contributed by atoms with Crippen molar-refractivity contribution in [3.05, 3.63) is 29.8 Å². The molecule has 0 saturated heterocycles. The van der Waals surface area contributed by atoms with E-state index in [-0.39, 0.29) is 11.9 Å². The number of para-hydroxylation sites is 1. The van der Waals surface area contributed by atoms with Crippen molar-refractivity contribution in [3.8, 4) is 5.75 Å². The normalized spacial score (nSPS) is 12.2. The van der Waals surface area contributed by atoms with E-state index in [0.29, 0.717) is 24.5 Å². The second-order valence-electron chi connectivity index (χ2n) is 5.70. The topological polar surface area (TPSA) is 67.6 Å². The molecule has 0 aliphatic heterocycles. The Hall–Kier alpha value is -1.59. The Bertz CT molecular complexity index is 449. The molecule has 124 valence electrons. The molecule has 1 aromatic rings. The summed E-state index contributed by atoms with van der Waals surface area (Å²) in [5.74, 6) is 0.500. The summed E-state index contributed by atoms with van der Waals surface area (Å²) in [6, 6.07) is 7.35. The van der Waals surface area contributed by atoms with Crippen LogP contribution in [-0.4, -0.2) is 50.6 Å². The fraction of sp³-hybridized carbons (Fsp3) is 0.588. The predicted octanol–water partition coefficient (Wildman–Crippen LogP) is 1.87. The number of nitrogens with two attached hydrogens (primary N) is 1. The third-order valence-corrected chi connectivity index (χ3v) is 3.45. The van der Waals surface area contributed by atoms with Crippen molar-refractivity contribution in [3.63, 3.8) is 0 Å². The molecule has 1 amide bonds. The molecule has 0 fully saturated rings. The van der Waals surface area contributed by atoms with Crippen molar-refractivity contribution in [2.24, 2.45) is 5.73 Å². The van der Waals surface area contributed by atoms with Crippen LogP contribution in [0.1, 0.15) is 36.5 Å². The molecule has 22 heavy (non-hydrogen) atoms. The summed E-state index contributed by atoms with van der Waals surface area (Å²) in [7, 11) is 3.98. The molecule has 5 heteroatoms. The fourth-order valence-electron chi connectivity index (χ4n) is 2.08. The molecular formula is C17H29N3O2. The number of hydrogen-bond donors (Lipinski definition) is 2. The number of unbranched alkanes of at least 4 members (excludes halogenated alkanes) is 1. The maximum atomic E-state index is 12.4. The van der Waals surface area contributed by atoms with E-state index in [1.165, 1.54) is 0 Å². The zero-order valence-corrected chi connectivity index (χ0v) is 14.0. The molecule has 1 rings (SSSR count). The van der Waals surface area contributed by atoms with Gasteiger partial charge in [0.25, 0.3) is 5.91 Å². The third-order valence-electron chi connectivity index (χ3n) is 3.45. The van der Waals surface area contributed by atoms with Crippen LogP contribution in [0.25, 0.3) is 0 Å². The van der Waals surface area contributed by atoms with Gasteiger partial charge in [0, 0.05) is 19.1 Å². The molecule has 1 aromatic carbocycles. The molecule has 1 unspecified atom stereocenters. The standard InChI is InChI=1S/C17H29N3O2/c1-4-5-8-14(13-18)19-17(21)15-9-6-7-10-16(15)22-12-11-20(2)3/h6-7,9-10,14H,4-5,8,11-13,18H2,1-3H3,(H,19,21). The van der Waals surface area contributed by atoms with E-state index in [9.17, 15) is 4.79 Å². The van der Waals surface area contributed by atoms with Crippen LogP contribution in [0.3, 0.4) is 0 Å². The second-order valence-corrected chi connectivity index (χ2v) is 5.70. The van der Waals surface area contributed by atoms with Crippen molar-refractivity contribution >= 4 is 5.91 Å². The molecule has 0 heterocycles. The number of ether oxygens (including phenoxy) is 1. The number of likely N-dealkylation sites (N-methyl/N-ethyl adjacent to an activating group) is 1. The van der Waals surface area contributed by atoms with Crippen LogP contribution in [0.5, 0.6) is 5.75 Å². The monoisotopic (exact) mass is 307 g/mol. The van der Waals surface area contributed by atoms with Crippen molar-refractivity contribution in [1.29, 1.82) is 0 Å². The minimum atomic E-state index is -0.119. The molecule has 0 radical (unpaired) electrons. The van der Waals surface area contributed by atoms with Gasteiger partial charge in [0.05, 0.1) is 5.56 Å². The fourth-order valence-corrected chi connectivity index (χ4v) is 2.08. The molecule has 3 N–H and O–H groups in total. The highest BCUT2D eigenvalue weighted by Crippen LogP contribution is 2.18. The Kier molecular flexibility index (Phi) is 8.55. The van der Waals surface area contributed by atoms with Gasteiger partial charge in [-0.25, -0.2) is 0 Å². The third kappa shape index (κ3) is 6.45. The van der Waals surface area contributed by atoms with E-state index in [1.54, 1.807) is 6.07 Å². The van der Waals surface area contributed by atoms with Gasteiger partial charge >= 0.3 is 0 Å². The van der Waals surface area contributed by atoms with Crippen LogP contribution in [0.4, 0.5) is 0 Å². The van der Waals surface area contributed by atoms with Gasteiger partial charge in [0.15, 0.2) is 0 Å². The zero-order valence-electron chi connectivity index (χ0n) is 14.0. The van der Waals surface area contributed by atoms with E-state index in [0.717, 1.165) is 25.8 Å². The maximum Gasteiger partial charge on any atom is 0.255 e. The van der Waals surface area contributed by atoms with Crippen LogP contribution in [0.15, 0.2) is 24.3 Å². The van der Waals surface area contributed by atoms with Crippen LogP contribution in [0.2, 0.25) is 0 Å². The number of benzene rings is 1. The van der Waals surface area contributed by atoms with Crippen molar-refractivity contribution in [1.82, 2.24) is 10.2 Å². The number of rotatable bonds is 10. The Morgan fingerprint density at radius 1 is 1.36 bits per heavy atom. The van der Waals surface area contributed by atoms with Crippen LogP contribution < -0.4 is 15.8 Å². The van der Waals surface area contributed by atoms with E-state index < -0.39 is 0 Å². The quantitative estimate of drug-likeness (QED) is 0.692. The van der Waals surface area contributed by atoms with E-state index in [1.807, 2.05) is 37.2 Å². The van der Waals surface area contributed by atoms with Gasteiger partial charge in [0.1, 0.15) is 12.4 Å². The number of nitrogens with one attached hydrogen (secondary N) is 1. The molecule has 0 aromatic heterocycles. The first kappa shape index (κ1) is 18.5. The van der Waals surface area contributed by atoms with E-state index in [4.69, 9.17) is 10.5 Å². The van der Waals surface area contributed by atoms with Crippen molar-refractivity contribution < 1.29 is 9.53 Å². The van der Waals surface area contributed by atoms with Gasteiger partial charge in [-0.15, -0.1) is 0 Å². The highest BCUT2D eigenvalue weighted by Gasteiger charge is 2.15. The summed E-state index contributed by atoms with van der Waals surface area (Å²) in [5.41, 5.74) is 6.31. The molecule has 1 atom stereocenters. The zero-order chi connectivity index (χ0) is 16.4. The average molecular weight is 307 g/mol. The molecule has 0 aliphatic rings. The molecule has 0 spiro atoms. The second kappa shape index (κ2) is 10.2. The van der Waals surface area contributed by atoms with Gasteiger partial charge in [-0.05, 0) is 32.6 Å². The van der Waals surface area contributed by atoms with Gasteiger partial charge in [-0.1, -0.05) is 31.9 Å². The Labute approximate surface area is 133 Å². The van der Waals surface area contributed by atoms with Gasteiger partial charge in [0.2, 0.25) is 0 Å². The van der Waals surface area contributed by atoms with E-state index in [2.05, 4.69) is 12.2 Å². The van der Waals surface area contributed by atoms with E-state index >= 15 is 0 Å². The molecule has 0 bridgehead atoms. The number of hydrogen-bond acceptors (Lipinski definition) is 4. The van der Waals surface area contributed by atoms with Crippen LogP contribution >= 0.6 is 0 Å². The number of carbonyl (C=O) groups excluding carboxylic acids is 1. The smallest absolute Gasteiger partial charge is 0.255 e. The summed E-state index contributed by atoms with van der Waals surface area (Å²) < 4.78 is 5.73. The Morgan fingerprint density at radius 3 is 2.73 bits per heavy atom. The van der Waals surface area contributed by atoms with Crippen molar-refractivity contribution in [2.45, 2.75) is 32.2 Å². The van der Waals surface area contributed by atoms with Crippen LogP contribution in [0, 0.1) is 0 Å². The summed E-state index contributed by atoms with van der Waals surface area (Å²) >= 11 is 0. The minimum absolute atomic E-state index is 0.0160.